The molecule has 1 aliphatic carbocycles. The lowest BCUT2D eigenvalue weighted by Gasteiger charge is -2.39. The Morgan fingerprint density at radius 1 is 0.974 bits per heavy atom. The number of rotatable bonds is 6. The van der Waals surface area contributed by atoms with Crippen molar-refractivity contribution >= 4 is 23.6 Å². The van der Waals surface area contributed by atoms with Crippen LogP contribution in [0.15, 0.2) is 54.6 Å². The van der Waals surface area contributed by atoms with Crippen molar-refractivity contribution in [3.63, 3.8) is 0 Å². The highest BCUT2D eigenvalue weighted by Crippen LogP contribution is 2.39. The van der Waals surface area contributed by atoms with Crippen LogP contribution in [0.4, 0.5) is 10.5 Å². The molecule has 0 radical (unpaired) electrons. The lowest BCUT2D eigenvalue weighted by atomic mass is 9.78. The van der Waals surface area contributed by atoms with Gasteiger partial charge in [0, 0.05) is 11.7 Å². The first kappa shape index (κ1) is 28.7. The monoisotopic (exact) mass is 533 g/mol. The van der Waals surface area contributed by atoms with Gasteiger partial charge in [-0.25, -0.2) is 4.79 Å². The quantitative estimate of drug-likeness (QED) is 0.434. The van der Waals surface area contributed by atoms with Crippen LogP contribution in [-0.2, 0) is 14.3 Å². The Kier molecular flexibility index (Phi) is 9.31. The average Bonchev–Trinajstić information content (AvgIpc) is 3.01. The van der Waals surface area contributed by atoms with E-state index < -0.39 is 23.6 Å². The molecule has 1 saturated carbocycles. The minimum absolute atomic E-state index is 0.0648. The van der Waals surface area contributed by atoms with Crippen molar-refractivity contribution in [2.75, 3.05) is 11.9 Å². The number of aryl methyl sites for hydroxylation is 1. The molecule has 210 valence electrons. The Balaban J connectivity index is 1.64. The second-order valence-corrected chi connectivity index (χ2v) is 12.1. The predicted octanol–water partition coefficient (Wildman–Crippen LogP) is 6.18. The van der Waals surface area contributed by atoms with Gasteiger partial charge in [-0.1, -0.05) is 61.7 Å². The molecule has 3 unspecified atom stereocenters. The first-order chi connectivity index (χ1) is 18.6. The van der Waals surface area contributed by atoms with E-state index in [0.29, 0.717) is 18.0 Å². The van der Waals surface area contributed by atoms with Crippen LogP contribution in [0.3, 0.4) is 0 Å². The summed E-state index contributed by atoms with van der Waals surface area (Å²) >= 11 is 0. The third-order valence-corrected chi connectivity index (χ3v) is 7.79. The van der Waals surface area contributed by atoms with Crippen LogP contribution in [-0.4, -0.2) is 47.0 Å². The summed E-state index contributed by atoms with van der Waals surface area (Å²) in [7, 11) is 0. The van der Waals surface area contributed by atoms with Crippen LogP contribution in [0.2, 0.25) is 0 Å². The Labute approximate surface area is 232 Å². The Bertz CT molecular complexity index is 1140. The van der Waals surface area contributed by atoms with Gasteiger partial charge in [0.1, 0.15) is 18.2 Å². The minimum atomic E-state index is -0.768. The lowest BCUT2D eigenvalue weighted by molar-refractivity contribution is -0.161. The van der Waals surface area contributed by atoms with Crippen LogP contribution in [0.25, 0.3) is 0 Å². The summed E-state index contributed by atoms with van der Waals surface area (Å²) in [5, 5.41) is 5.83. The summed E-state index contributed by atoms with van der Waals surface area (Å²) in [6.07, 6.45) is 6.76. The van der Waals surface area contributed by atoms with Gasteiger partial charge in [-0.05, 0) is 88.5 Å². The molecule has 2 N–H and O–H groups in total. The number of nitrogens with one attached hydrogen (secondary N) is 2. The van der Waals surface area contributed by atoms with Crippen LogP contribution in [0.5, 0.6) is 0 Å². The van der Waals surface area contributed by atoms with Gasteiger partial charge in [-0.2, -0.15) is 0 Å². The Morgan fingerprint density at radius 3 is 2.36 bits per heavy atom. The van der Waals surface area contributed by atoms with E-state index >= 15 is 0 Å². The van der Waals surface area contributed by atoms with Gasteiger partial charge < -0.3 is 20.3 Å². The van der Waals surface area contributed by atoms with E-state index in [0.717, 1.165) is 43.2 Å². The molecule has 1 saturated heterocycles. The highest BCUT2D eigenvalue weighted by Gasteiger charge is 2.42. The summed E-state index contributed by atoms with van der Waals surface area (Å²) in [5.74, 6) is -0.252. The van der Waals surface area contributed by atoms with E-state index in [9.17, 15) is 14.4 Å². The fraction of sp³-hybridized carbons (Fsp3) is 0.531. The number of urea groups is 1. The van der Waals surface area contributed by atoms with E-state index in [1.165, 1.54) is 6.42 Å². The Hall–Kier alpha value is -3.35. The van der Waals surface area contributed by atoms with E-state index in [4.69, 9.17) is 4.74 Å². The molecule has 4 rings (SSSR count). The summed E-state index contributed by atoms with van der Waals surface area (Å²) < 4.78 is 5.65. The van der Waals surface area contributed by atoms with Crippen LogP contribution < -0.4 is 10.6 Å². The molecule has 2 aliphatic rings. The zero-order valence-corrected chi connectivity index (χ0v) is 23.7. The molecule has 2 aromatic rings. The first-order valence-electron chi connectivity index (χ1n) is 14.3. The highest BCUT2D eigenvalue weighted by molar-refractivity contribution is 5.94. The van der Waals surface area contributed by atoms with Crippen molar-refractivity contribution in [2.24, 2.45) is 5.92 Å². The normalized spacial score (nSPS) is 22.6. The predicted molar refractivity (Wildman–Crippen MR) is 153 cm³/mol. The van der Waals surface area contributed by atoms with Crippen molar-refractivity contribution in [2.45, 2.75) is 96.2 Å². The lowest BCUT2D eigenvalue weighted by Crippen LogP contribution is -2.54. The highest BCUT2D eigenvalue weighted by atomic mass is 16.6. The number of anilines is 1. The van der Waals surface area contributed by atoms with Crippen molar-refractivity contribution in [3.8, 4) is 0 Å². The van der Waals surface area contributed by atoms with Crippen molar-refractivity contribution in [1.82, 2.24) is 10.2 Å². The number of carbonyl (C=O) groups excluding carboxylic acids is 3. The van der Waals surface area contributed by atoms with Gasteiger partial charge >= 0.3 is 12.0 Å². The maximum atomic E-state index is 14.2. The molecule has 1 aliphatic heterocycles. The van der Waals surface area contributed by atoms with E-state index in [1.54, 1.807) is 4.90 Å². The topological polar surface area (TPSA) is 87.7 Å². The van der Waals surface area contributed by atoms with Gasteiger partial charge in [-0.15, -0.1) is 0 Å². The van der Waals surface area contributed by atoms with E-state index in [2.05, 4.69) is 22.8 Å². The average molecular weight is 534 g/mol. The number of hydrogen-bond acceptors (Lipinski definition) is 4. The third-order valence-electron chi connectivity index (χ3n) is 7.79. The second-order valence-electron chi connectivity index (χ2n) is 12.1. The van der Waals surface area contributed by atoms with Gasteiger partial charge in [0.05, 0.1) is 0 Å². The smallest absolute Gasteiger partial charge is 0.326 e. The number of nitrogens with zero attached hydrogens (tertiary/aromatic N) is 1. The molecule has 0 spiro atoms. The fourth-order valence-electron chi connectivity index (χ4n) is 6.10. The summed E-state index contributed by atoms with van der Waals surface area (Å²) in [6.45, 7) is 7.34. The van der Waals surface area contributed by atoms with Crippen molar-refractivity contribution in [3.05, 3.63) is 65.7 Å². The summed E-state index contributed by atoms with van der Waals surface area (Å²) in [5.41, 5.74) is 2.20. The number of benzene rings is 2. The number of hydrogen-bond donors (Lipinski definition) is 2. The van der Waals surface area contributed by atoms with Crippen LogP contribution in [0.1, 0.15) is 82.8 Å². The molecule has 3 atom stereocenters. The zero-order valence-electron chi connectivity index (χ0n) is 23.7. The van der Waals surface area contributed by atoms with Gasteiger partial charge in [-0.3, -0.25) is 9.59 Å². The van der Waals surface area contributed by atoms with Gasteiger partial charge in [0.25, 0.3) is 0 Å². The first-order valence-corrected chi connectivity index (χ1v) is 14.3. The SMILES string of the molecule is Cc1cccc(NC(=O)NC2CC(c3ccccc3)CC(C3CCCCC3)N(CC(=O)OC(C)(C)C)C2=O)c1. The van der Waals surface area contributed by atoms with Crippen LogP contribution in [0, 0.1) is 12.8 Å². The van der Waals surface area contributed by atoms with Gasteiger partial charge in [0.2, 0.25) is 5.91 Å². The standard InChI is InChI=1S/C32H43N3O4/c1-22-12-11-17-26(18-22)33-31(38)34-27-19-25(23-13-7-5-8-14-23)20-28(24-15-9-6-10-16-24)35(30(27)37)21-29(36)39-32(2,3)4/h5,7-8,11-14,17-18,24-25,27-28H,6,9-10,15-16,19-21H2,1-4H3,(H2,33,34,38). The molecule has 3 amide bonds. The van der Waals surface area contributed by atoms with E-state index in [-0.39, 0.29) is 24.4 Å². The van der Waals surface area contributed by atoms with Crippen molar-refractivity contribution in [1.29, 1.82) is 0 Å². The molecule has 7 nitrogen and oxygen atoms in total. The molecular weight excluding hydrogens is 490 g/mol. The second kappa shape index (κ2) is 12.7. The largest absolute Gasteiger partial charge is 0.459 e. The molecule has 2 aromatic carbocycles. The number of carbonyl (C=O) groups is 3. The molecule has 0 aromatic heterocycles. The number of esters is 1. The fourth-order valence-corrected chi connectivity index (χ4v) is 6.10. The molecular formula is C32H43N3O4. The minimum Gasteiger partial charge on any atom is -0.459 e. The maximum absolute atomic E-state index is 14.2. The summed E-state index contributed by atoms with van der Waals surface area (Å²) in [6, 6.07) is 16.5. The van der Waals surface area contributed by atoms with Crippen LogP contribution >= 0.6 is 0 Å². The number of amides is 3. The molecule has 1 heterocycles. The molecule has 0 bridgehead atoms. The third kappa shape index (κ3) is 8.07. The van der Waals surface area contributed by atoms with Crippen molar-refractivity contribution < 1.29 is 19.1 Å². The number of likely N-dealkylation sites (tertiary alicyclic amines) is 1. The van der Waals surface area contributed by atoms with E-state index in [1.807, 2.05) is 70.2 Å². The molecule has 7 heteroatoms. The molecule has 2 fully saturated rings. The summed E-state index contributed by atoms with van der Waals surface area (Å²) in [4.78, 5) is 42.1. The molecule has 39 heavy (non-hydrogen) atoms. The zero-order chi connectivity index (χ0) is 28.0. The van der Waals surface area contributed by atoms with Gasteiger partial charge in [0.15, 0.2) is 0 Å². The number of ether oxygens (including phenoxy) is 1. The maximum Gasteiger partial charge on any atom is 0.326 e. The Morgan fingerprint density at radius 2 is 1.69 bits per heavy atom.